The Bertz CT molecular complexity index is 623. The van der Waals surface area contributed by atoms with Gasteiger partial charge in [0, 0.05) is 30.1 Å². The van der Waals surface area contributed by atoms with Crippen LogP contribution in [0.5, 0.6) is 0 Å². The number of nitrogens with two attached hydrogens (primary N) is 1. The van der Waals surface area contributed by atoms with E-state index < -0.39 is 0 Å². The highest BCUT2D eigenvalue weighted by Gasteiger charge is 2.27. The lowest BCUT2D eigenvalue weighted by atomic mass is 10.2. The van der Waals surface area contributed by atoms with Crippen molar-refractivity contribution in [2.75, 3.05) is 11.9 Å². The van der Waals surface area contributed by atoms with E-state index in [9.17, 15) is 4.79 Å². The molecule has 1 saturated carbocycles. The van der Waals surface area contributed by atoms with Gasteiger partial charge in [-0.3, -0.25) is 9.89 Å². The number of hydrogen-bond donors (Lipinski definition) is 3. The van der Waals surface area contributed by atoms with E-state index in [2.05, 4.69) is 20.5 Å². The van der Waals surface area contributed by atoms with Crippen molar-refractivity contribution in [3.63, 3.8) is 0 Å². The first-order valence-electron chi connectivity index (χ1n) is 6.79. The molecule has 7 heteroatoms. The number of nitrogens with zero attached hydrogens (tertiary/aromatic N) is 2. The standard InChI is InChI=1S/C14H17N5O.ClH/c15-7-6-12(20)16-11-3-1-2-10(8-11)14-17-13(18-19-14)9-4-5-9;/h1-3,8-9H,4-7,15H2,(H,16,20)(H,17,18,19);1H. The molecule has 1 aliphatic rings. The van der Waals surface area contributed by atoms with E-state index in [0.29, 0.717) is 24.7 Å². The molecule has 4 N–H and O–H groups in total. The van der Waals surface area contributed by atoms with E-state index in [0.717, 1.165) is 17.1 Å². The van der Waals surface area contributed by atoms with E-state index >= 15 is 0 Å². The minimum Gasteiger partial charge on any atom is -0.330 e. The summed E-state index contributed by atoms with van der Waals surface area (Å²) < 4.78 is 0. The lowest BCUT2D eigenvalue weighted by molar-refractivity contribution is -0.116. The van der Waals surface area contributed by atoms with Crippen molar-refractivity contribution < 1.29 is 4.79 Å². The van der Waals surface area contributed by atoms with Crippen LogP contribution in [0.15, 0.2) is 24.3 Å². The number of hydrogen-bond acceptors (Lipinski definition) is 4. The number of amides is 1. The molecule has 1 heterocycles. The third-order valence-electron chi connectivity index (χ3n) is 3.24. The SMILES string of the molecule is Cl.NCCC(=O)Nc1cccc(-c2n[nH]c(C3CC3)n2)c1. The van der Waals surface area contributed by atoms with Gasteiger partial charge in [0.25, 0.3) is 0 Å². The number of aromatic amines is 1. The fraction of sp³-hybridized carbons (Fsp3) is 0.357. The van der Waals surface area contributed by atoms with Crippen molar-refractivity contribution in [3.05, 3.63) is 30.1 Å². The summed E-state index contributed by atoms with van der Waals surface area (Å²) in [6.45, 7) is 0.344. The molecule has 1 aliphatic carbocycles. The van der Waals surface area contributed by atoms with Crippen LogP contribution in [0.4, 0.5) is 5.69 Å². The summed E-state index contributed by atoms with van der Waals surface area (Å²) >= 11 is 0. The molecule has 2 aromatic rings. The maximum absolute atomic E-state index is 11.5. The van der Waals surface area contributed by atoms with Gasteiger partial charge in [-0.25, -0.2) is 4.98 Å². The van der Waals surface area contributed by atoms with Crippen LogP contribution in [0.25, 0.3) is 11.4 Å². The van der Waals surface area contributed by atoms with Crippen LogP contribution in [-0.4, -0.2) is 27.6 Å². The maximum Gasteiger partial charge on any atom is 0.225 e. The molecule has 0 saturated heterocycles. The largest absolute Gasteiger partial charge is 0.330 e. The Hall–Kier alpha value is -1.92. The fourth-order valence-corrected chi connectivity index (χ4v) is 2.03. The third-order valence-corrected chi connectivity index (χ3v) is 3.24. The summed E-state index contributed by atoms with van der Waals surface area (Å²) in [7, 11) is 0. The van der Waals surface area contributed by atoms with Crippen molar-refractivity contribution in [2.45, 2.75) is 25.2 Å². The molecule has 112 valence electrons. The van der Waals surface area contributed by atoms with Crippen LogP contribution >= 0.6 is 12.4 Å². The molecule has 0 atom stereocenters. The Kier molecular flexibility index (Phi) is 4.93. The van der Waals surface area contributed by atoms with Gasteiger partial charge in [0.2, 0.25) is 5.91 Å². The first kappa shape index (κ1) is 15.5. The predicted molar refractivity (Wildman–Crippen MR) is 83.3 cm³/mol. The van der Waals surface area contributed by atoms with Gasteiger partial charge >= 0.3 is 0 Å². The number of nitrogens with one attached hydrogen (secondary N) is 2. The number of carbonyl (C=O) groups is 1. The molecule has 6 nitrogen and oxygen atoms in total. The number of rotatable bonds is 5. The Labute approximate surface area is 128 Å². The predicted octanol–water partition coefficient (Wildman–Crippen LogP) is 2.06. The Morgan fingerprint density at radius 2 is 2.24 bits per heavy atom. The van der Waals surface area contributed by atoms with E-state index in [-0.39, 0.29) is 18.3 Å². The molecule has 0 unspecified atom stereocenters. The zero-order valence-corrected chi connectivity index (χ0v) is 12.3. The van der Waals surface area contributed by atoms with Crippen LogP contribution in [0, 0.1) is 0 Å². The smallest absolute Gasteiger partial charge is 0.225 e. The lowest BCUT2D eigenvalue weighted by Gasteiger charge is -2.05. The Morgan fingerprint density at radius 3 is 2.95 bits per heavy atom. The van der Waals surface area contributed by atoms with Crippen LogP contribution in [-0.2, 0) is 4.79 Å². The molecule has 1 aromatic heterocycles. The zero-order chi connectivity index (χ0) is 13.9. The molecule has 1 aromatic carbocycles. The lowest BCUT2D eigenvalue weighted by Crippen LogP contribution is -2.16. The first-order valence-corrected chi connectivity index (χ1v) is 6.79. The highest BCUT2D eigenvalue weighted by atomic mass is 35.5. The summed E-state index contributed by atoms with van der Waals surface area (Å²) in [6.07, 6.45) is 2.68. The molecule has 0 aliphatic heterocycles. The summed E-state index contributed by atoms with van der Waals surface area (Å²) in [5.74, 6) is 2.08. The summed E-state index contributed by atoms with van der Waals surface area (Å²) in [4.78, 5) is 16.0. The molecule has 3 rings (SSSR count). The van der Waals surface area contributed by atoms with E-state index in [1.54, 1.807) is 0 Å². The van der Waals surface area contributed by atoms with Gasteiger partial charge < -0.3 is 11.1 Å². The average Bonchev–Trinajstić information content (AvgIpc) is 3.17. The first-order chi connectivity index (χ1) is 9.76. The minimum atomic E-state index is -0.0849. The van der Waals surface area contributed by atoms with Crippen molar-refractivity contribution in [1.82, 2.24) is 15.2 Å². The van der Waals surface area contributed by atoms with E-state index in [4.69, 9.17) is 5.73 Å². The zero-order valence-electron chi connectivity index (χ0n) is 11.5. The topological polar surface area (TPSA) is 96.7 Å². The number of halogens is 1. The molecule has 0 radical (unpaired) electrons. The Morgan fingerprint density at radius 1 is 1.43 bits per heavy atom. The molecule has 0 spiro atoms. The molecular weight excluding hydrogens is 290 g/mol. The highest BCUT2D eigenvalue weighted by molar-refractivity contribution is 5.91. The van der Waals surface area contributed by atoms with Crippen molar-refractivity contribution in [3.8, 4) is 11.4 Å². The van der Waals surface area contributed by atoms with Gasteiger partial charge in [0.1, 0.15) is 5.82 Å². The number of anilines is 1. The van der Waals surface area contributed by atoms with Crippen LogP contribution in [0.1, 0.15) is 31.0 Å². The van der Waals surface area contributed by atoms with Crippen molar-refractivity contribution in [1.29, 1.82) is 0 Å². The van der Waals surface area contributed by atoms with Gasteiger partial charge in [-0.15, -0.1) is 12.4 Å². The second-order valence-corrected chi connectivity index (χ2v) is 4.99. The third kappa shape index (κ3) is 3.80. The molecule has 1 fully saturated rings. The normalized spacial score (nSPS) is 13.6. The molecular formula is C14H18ClN5O. The number of benzene rings is 1. The molecule has 21 heavy (non-hydrogen) atoms. The van der Waals surface area contributed by atoms with Gasteiger partial charge in [0.05, 0.1) is 0 Å². The van der Waals surface area contributed by atoms with Crippen LogP contribution in [0.3, 0.4) is 0 Å². The van der Waals surface area contributed by atoms with Crippen LogP contribution < -0.4 is 11.1 Å². The fourth-order valence-electron chi connectivity index (χ4n) is 2.03. The average molecular weight is 308 g/mol. The van der Waals surface area contributed by atoms with E-state index in [1.165, 1.54) is 12.8 Å². The van der Waals surface area contributed by atoms with Crippen LogP contribution in [0.2, 0.25) is 0 Å². The highest BCUT2D eigenvalue weighted by Crippen LogP contribution is 2.38. The number of aromatic nitrogens is 3. The van der Waals surface area contributed by atoms with Crippen molar-refractivity contribution >= 4 is 24.0 Å². The molecule has 1 amide bonds. The molecule has 0 bridgehead atoms. The maximum atomic E-state index is 11.5. The van der Waals surface area contributed by atoms with Crippen molar-refractivity contribution in [2.24, 2.45) is 5.73 Å². The summed E-state index contributed by atoms with van der Waals surface area (Å²) in [5, 5.41) is 10.0. The minimum absolute atomic E-state index is 0. The second kappa shape index (κ2) is 6.69. The summed E-state index contributed by atoms with van der Waals surface area (Å²) in [5.41, 5.74) is 6.98. The quantitative estimate of drug-likeness (QED) is 0.787. The van der Waals surface area contributed by atoms with E-state index in [1.807, 2.05) is 24.3 Å². The monoisotopic (exact) mass is 307 g/mol. The van der Waals surface area contributed by atoms with Gasteiger partial charge in [-0.2, -0.15) is 5.10 Å². The van der Waals surface area contributed by atoms with Gasteiger partial charge in [-0.05, 0) is 25.0 Å². The second-order valence-electron chi connectivity index (χ2n) is 4.99. The number of carbonyl (C=O) groups excluding carboxylic acids is 1. The summed E-state index contributed by atoms with van der Waals surface area (Å²) in [6, 6.07) is 7.51. The van der Waals surface area contributed by atoms with Gasteiger partial charge in [-0.1, -0.05) is 12.1 Å². The van der Waals surface area contributed by atoms with Gasteiger partial charge in [0.15, 0.2) is 5.82 Å². The Balaban J connectivity index is 0.00000161. The number of H-pyrrole nitrogens is 1.